The van der Waals surface area contributed by atoms with Crippen LogP contribution < -0.4 is 20.6 Å². The number of nitriles is 1. The van der Waals surface area contributed by atoms with Crippen molar-refractivity contribution < 1.29 is 9.47 Å². The fourth-order valence-electron chi connectivity index (χ4n) is 3.76. The van der Waals surface area contributed by atoms with Gasteiger partial charge in [-0.15, -0.1) is 0 Å². The van der Waals surface area contributed by atoms with Crippen LogP contribution in [-0.2, 0) is 0 Å². The number of nitrogens with one attached hydrogen (secondary N) is 4. The van der Waals surface area contributed by atoms with E-state index in [4.69, 9.17) is 14.7 Å². The van der Waals surface area contributed by atoms with E-state index in [9.17, 15) is 9.59 Å². The molecule has 0 fully saturated rings. The Hall–Kier alpha value is -4.45. The second kappa shape index (κ2) is 8.35. The molecule has 0 aliphatic carbocycles. The Bertz CT molecular complexity index is 1360. The number of hydrogen-bond acceptors (Lipinski definition) is 5. The van der Waals surface area contributed by atoms with E-state index in [1.165, 1.54) is 7.11 Å². The predicted octanol–water partition coefficient (Wildman–Crippen LogP) is 3.19. The maximum atomic E-state index is 12.8. The van der Waals surface area contributed by atoms with Crippen molar-refractivity contribution in [2.75, 3.05) is 7.11 Å². The van der Waals surface area contributed by atoms with Gasteiger partial charge in [-0.05, 0) is 56.3 Å². The molecular weight excluding hydrogens is 410 g/mol. The van der Waals surface area contributed by atoms with Crippen LogP contribution in [0.15, 0.2) is 52.1 Å². The molecule has 0 bridgehead atoms. The summed E-state index contributed by atoms with van der Waals surface area (Å²) in [6, 6.07) is 14.0. The van der Waals surface area contributed by atoms with Crippen LogP contribution in [0, 0.1) is 25.2 Å². The summed E-state index contributed by atoms with van der Waals surface area (Å²) in [5.74, 6) is 0.768. The fourth-order valence-corrected chi connectivity index (χ4v) is 3.76. The molecule has 0 aliphatic heterocycles. The average Bonchev–Trinajstić information content (AvgIpc) is 3.31. The molecule has 32 heavy (non-hydrogen) atoms. The van der Waals surface area contributed by atoms with E-state index in [1.807, 2.05) is 0 Å². The molecule has 0 amide bonds. The normalized spacial score (nSPS) is 10.8. The molecule has 2 aromatic carbocycles. The van der Waals surface area contributed by atoms with Gasteiger partial charge < -0.3 is 19.7 Å². The predicted molar refractivity (Wildman–Crippen MR) is 117 cm³/mol. The minimum absolute atomic E-state index is 0.334. The van der Waals surface area contributed by atoms with Gasteiger partial charge in [0.2, 0.25) is 0 Å². The van der Waals surface area contributed by atoms with E-state index in [1.54, 1.807) is 56.3 Å². The number of hydrogen-bond donors (Lipinski definition) is 4. The molecule has 4 rings (SSSR count). The summed E-state index contributed by atoms with van der Waals surface area (Å²) >= 11 is 0. The molecule has 0 saturated heterocycles. The monoisotopic (exact) mass is 431 g/mol. The number of ether oxygens (including phenoxy) is 2. The largest absolute Gasteiger partial charge is 0.497 e. The van der Waals surface area contributed by atoms with Crippen molar-refractivity contribution in [1.29, 1.82) is 5.26 Å². The zero-order chi connectivity index (χ0) is 22.8. The van der Waals surface area contributed by atoms with Crippen LogP contribution in [-0.4, -0.2) is 27.5 Å². The molecule has 0 saturated carbocycles. The van der Waals surface area contributed by atoms with Gasteiger partial charge in [0.25, 0.3) is 11.1 Å². The molecule has 9 heteroatoms. The zero-order valence-electron chi connectivity index (χ0n) is 17.7. The van der Waals surface area contributed by atoms with Gasteiger partial charge in [0.05, 0.1) is 35.8 Å². The van der Waals surface area contributed by atoms with Crippen LogP contribution in [0.2, 0.25) is 0 Å². The average molecular weight is 431 g/mol. The Kier molecular flexibility index (Phi) is 5.43. The van der Waals surface area contributed by atoms with Crippen molar-refractivity contribution in [3.05, 3.63) is 96.8 Å². The first-order valence-corrected chi connectivity index (χ1v) is 9.83. The SMILES string of the molecule is COc1ccc(Oc2ccc(C#N)cc2)c(C(c2c(C)[nH][nH]c2=O)c2c(C)[nH][nH]c2=O)c1. The highest BCUT2D eigenvalue weighted by Crippen LogP contribution is 2.40. The number of aryl methyl sites for hydroxylation is 2. The van der Waals surface area contributed by atoms with Crippen molar-refractivity contribution in [3.8, 4) is 23.3 Å². The quantitative estimate of drug-likeness (QED) is 0.371. The molecule has 0 spiro atoms. The molecule has 2 aromatic heterocycles. The van der Waals surface area contributed by atoms with Crippen LogP contribution in [0.5, 0.6) is 17.2 Å². The Labute approximate surface area is 182 Å². The lowest BCUT2D eigenvalue weighted by Gasteiger charge is -2.20. The summed E-state index contributed by atoms with van der Waals surface area (Å²) in [5.41, 5.74) is 2.43. The summed E-state index contributed by atoms with van der Waals surface area (Å²) in [6.07, 6.45) is 0. The van der Waals surface area contributed by atoms with E-state index in [2.05, 4.69) is 26.5 Å². The highest BCUT2D eigenvalue weighted by molar-refractivity contribution is 5.54. The summed E-state index contributed by atoms with van der Waals surface area (Å²) in [4.78, 5) is 25.5. The van der Waals surface area contributed by atoms with Gasteiger partial charge in [0.1, 0.15) is 17.2 Å². The number of benzene rings is 2. The first-order valence-electron chi connectivity index (χ1n) is 9.83. The third-order valence-corrected chi connectivity index (χ3v) is 5.34. The molecule has 0 atom stereocenters. The lowest BCUT2D eigenvalue weighted by Crippen LogP contribution is -2.20. The van der Waals surface area contributed by atoms with Gasteiger partial charge in [0, 0.05) is 17.0 Å². The second-order valence-corrected chi connectivity index (χ2v) is 7.31. The van der Waals surface area contributed by atoms with Gasteiger partial charge >= 0.3 is 0 Å². The molecule has 0 unspecified atom stereocenters. The van der Waals surface area contributed by atoms with E-state index < -0.39 is 5.92 Å². The third-order valence-electron chi connectivity index (χ3n) is 5.34. The number of rotatable bonds is 6. The van der Waals surface area contributed by atoms with Crippen LogP contribution in [0.25, 0.3) is 0 Å². The molecule has 4 N–H and O–H groups in total. The number of methoxy groups -OCH3 is 1. The number of aromatic nitrogens is 4. The van der Waals surface area contributed by atoms with Gasteiger partial charge in [-0.2, -0.15) is 5.26 Å². The Balaban J connectivity index is 1.95. The summed E-state index contributed by atoms with van der Waals surface area (Å²) < 4.78 is 11.6. The van der Waals surface area contributed by atoms with Crippen LogP contribution in [0.3, 0.4) is 0 Å². The number of H-pyrrole nitrogens is 4. The molecule has 162 valence electrons. The van der Waals surface area contributed by atoms with Gasteiger partial charge in [0.15, 0.2) is 0 Å². The molecule has 9 nitrogen and oxygen atoms in total. The van der Waals surface area contributed by atoms with E-state index in [-0.39, 0.29) is 11.1 Å². The lowest BCUT2D eigenvalue weighted by molar-refractivity contribution is 0.411. The standard InChI is InChI=1S/C23H21N5O4/c1-12-19(22(29)27-25-12)21(20-13(2)26-28-23(20)30)17-10-16(31-3)8-9-18(17)32-15-6-4-14(11-24)5-7-15/h4-10,21H,1-3H3,(H2,25,27,29)(H2,26,28,30). The third kappa shape index (κ3) is 3.70. The van der Waals surface area contributed by atoms with Crippen molar-refractivity contribution in [3.63, 3.8) is 0 Å². The summed E-state index contributed by atoms with van der Waals surface area (Å²) in [5, 5.41) is 19.9. The summed E-state index contributed by atoms with van der Waals surface area (Å²) in [6.45, 7) is 3.52. The second-order valence-electron chi connectivity index (χ2n) is 7.31. The van der Waals surface area contributed by atoms with Crippen LogP contribution in [0.1, 0.15) is 39.6 Å². The maximum absolute atomic E-state index is 12.8. The highest BCUT2D eigenvalue weighted by atomic mass is 16.5. The summed E-state index contributed by atoms with van der Waals surface area (Å²) in [7, 11) is 1.54. The van der Waals surface area contributed by atoms with Crippen molar-refractivity contribution >= 4 is 0 Å². The van der Waals surface area contributed by atoms with Crippen LogP contribution in [0.4, 0.5) is 0 Å². The smallest absolute Gasteiger partial charge is 0.268 e. The molecule has 2 heterocycles. The molecule has 4 aromatic rings. The Morgan fingerprint density at radius 2 is 1.41 bits per heavy atom. The van der Waals surface area contributed by atoms with Crippen molar-refractivity contribution in [1.82, 2.24) is 20.4 Å². The first-order chi connectivity index (χ1) is 15.4. The zero-order valence-corrected chi connectivity index (χ0v) is 17.7. The minimum atomic E-state index is -0.733. The molecule has 0 aliphatic rings. The molecule has 0 radical (unpaired) electrons. The van der Waals surface area contributed by atoms with Crippen LogP contribution >= 0.6 is 0 Å². The highest BCUT2D eigenvalue weighted by Gasteiger charge is 2.31. The van der Waals surface area contributed by atoms with Gasteiger partial charge in [-0.3, -0.25) is 19.8 Å². The fraction of sp³-hybridized carbons (Fsp3) is 0.174. The molecular formula is C23H21N5O4. The minimum Gasteiger partial charge on any atom is -0.497 e. The maximum Gasteiger partial charge on any atom is 0.268 e. The van der Waals surface area contributed by atoms with E-state index >= 15 is 0 Å². The Morgan fingerprint density at radius 3 is 1.88 bits per heavy atom. The topological polar surface area (TPSA) is 140 Å². The van der Waals surface area contributed by atoms with E-state index in [0.29, 0.717) is 50.9 Å². The lowest BCUT2D eigenvalue weighted by atomic mass is 9.84. The van der Waals surface area contributed by atoms with E-state index in [0.717, 1.165) is 0 Å². The van der Waals surface area contributed by atoms with Crippen molar-refractivity contribution in [2.45, 2.75) is 19.8 Å². The van der Waals surface area contributed by atoms with Gasteiger partial charge in [-0.1, -0.05) is 0 Å². The first kappa shape index (κ1) is 20.8. The van der Waals surface area contributed by atoms with Crippen molar-refractivity contribution in [2.24, 2.45) is 0 Å². The number of nitrogens with zero attached hydrogens (tertiary/aromatic N) is 1. The van der Waals surface area contributed by atoms with Gasteiger partial charge in [-0.25, -0.2) is 0 Å². The number of aromatic amines is 4. The Morgan fingerprint density at radius 1 is 0.844 bits per heavy atom.